The molecule has 0 heterocycles. The Morgan fingerprint density at radius 1 is 1.00 bits per heavy atom. The van der Waals surface area contributed by atoms with Crippen molar-refractivity contribution in [1.82, 2.24) is 5.32 Å². The van der Waals surface area contributed by atoms with E-state index in [9.17, 15) is 9.59 Å². The van der Waals surface area contributed by atoms with Crippen LogP contribution >= 0.6 is 34.8 Å². The number of ether oxygens (including phenoxy) is 1. The molecule has 0 atom stereocenters. The molecule has 3 rings (SSSR count). The standard InChI is InChI=1S/C24H22IN3O3S/c1-3-28(19-7-5-4-6-8-19)23(30)16-9-12-18(13-10-16)26-24(32)27-22(29)17-11-14-21(31-2)20(25)15-17/h4-15H,3H2,1-2H3,(H2,26,27,29,32). The van der Waals surface area contributed by atoms with Gasteiger partial charge in [0.1, 0.15) is 5.75 Å². The maximum Gasteiger partial charge on any atom is 0.258 e. The molecule has 0 unspecified atom stereocenters. The molecule has 3 aromatic rings. The Balaban J connectivity index is 1.62. The normalized spacial score (nSPS) is 10.2. The molecular weight excluding hydrogens is 537 g/mol. The first-order valence-corrected chi connectivity index (χ1v) is 11.3. The number of rotatable bonds is 6. The number of nitrogens with zero attached hydrogens (tertiary/aromatic N) is 1. The first-order chi connectivity index (χ1) is 15.4. The molecule has 0 fully saturated rings. The number of carbonyl (C=O) groups is 2. The summed E-state index contributed by atoms with van der Waals surface area (Å²) in [5, 5.41) is 5.79. The van der Waals surface area contributed by atoms with Gasteiger partial charge in [0.25, 0.3) is 11.8 Å². The van der Waals surface area contributed by atoms with Gasteiger partial charge in [0.05, 0.1) is 10.7 Å². The van der Waals surface area contributed by atoms with Crippen molar-refractivity contribution in [2.24, 2.45) is 0 Å². The molecule has 0 aliphatic carbocycles. The van der Waals surface area contributed by atoms with E-state index in [2.05, 4.69) is 33.2 Å². The van der Waals surface area contributed by atoms with E-state index in [0.29, 0.717) is 29.1 Å². The second kappa shape index (κ2) is 11.1. The zero-order chi connectivity index (χ0) is 23.1. The van der Waals surface area contributed by atoms with Crippen LogP contribution in [0.15, 0.2) is 72.8 Å². The molecule has 0 saturated heterocycles. The number of thiocarbonyl (C=S) groups is 1. The van der Waals surface area contributed by atoms with Crippen LogP contribution in [0.25, 0.3) is 0 Å². The van der Waals surface area contributed by atoms with Crippen LogP contribution in [0, 0.1) is 3.57 Å². The van der Waals surface area contributed by atoms with Gasteiger partial charge in [-0.2, -0.15) is 0 Å². The van der Waals surface area contributed by atoms with Gasteiger partial charge in [0.2, 0.25) is 0 Å². The molecule has 3 aromatic carbocycles. The number of carbonyl (C=O) groups excluding carboxylic acids is 2. The third-order valence-electron chi connectivity index (χ3n) is 4.66. The third-order valence-corrected chi connectivity index (χ3v) is 5.71. The van der Waals surface area contributed by atoms with Gasteiger partial charge in [-0.3, -0.25) is 14.9 Å². The molecular formula is C24H22IN3O3S. The second-order valence-corrected chi connectivity index (χ2v) is 8.29. The number of nitrogens with one attached hydrogen (secondary N) is 2. The largest absolute Gasteiger partial charge is 0.496 e. The Morgan fingerprint density at radius 2 is 1.66 bits per heavy atom. The van der Waals surface area contributed by atoms with Crippen LogP contribution in [-0.2, 0) is 0 Å². The predicted octanol–water partition coefficient (Wildman–Crippen LogP) is 5.09. The van der Waals surface area contributed by atoms with Gasteiger partial charge in [0, 0.05) is 29.0 Å². The van der Waals surface area contributed by atoms with Crippen molar-refractivity contribution in [3.8, 4) is 5.75 Å². The lowest BCUT2D eigenvalue weighted by Crippen LogP contribution is -2.34. The quantitative estimate of drug-likeness (QED) is 0.325. The highest BCUT2D eigenvalue weighted by Gasteiger charge is 2.16. The Kier molecular flexibility index (Phi) is 8.18. The van der Waals surface area contributed by atoms with Crippen LogP contribution in [0.4, 0.5) is 11.4 Å². The molecule has 6 nitrogen and oxygen atoms in total. The summed E-state index contributed by atoms with van der Waals surface area (Å²) in [6.07, 6.45) is 0. The molecule has 0 radical (unpaired) electrons. The number of methoxy groups -OCH3 is 1. The smallest absolute Gasteiger partial charge is 0.258 e. The monoisotopic (exact) mass is 559 g/mol. The van der Waals surface area contributed by atoms with E-state index in [4.69, 9.17) is 17.0 Å². The fraction of sp³-hybridized carbons (Fsp3) is 0.125. The predicted molar refractivity (Wildman–Crippen MR) is 140 cm³/mol. The zero-order valence-electron chi connectivity index (χ0n) is 17.6. The van der Waals surface area contributed by atoms with Gasteiger partial charge in [-0.05, 0) is 96.3 Å². The van der Waals surface area contributed by atoms with E-state index in [1.54, 1.807) is 54.5 Å². The number of hydrogen-bond acceptors (Lipinski definition) is 4. The van der Waals surface area contributed by atoms with E-state index in [1.807, 2.05) is 37.3 Å². The molecule has 2 amide bonds. The first kappa shape index (κ1) is 23.7. The fourth-order valence-corrected chi connectivity index (χ4v) is 3.99. The van der Waals surface area contributed by atoms with Crippen LogP contribution in [0.5, 0.6) is 5.75 Å². The number of hydrogen-bond donors (Lipinski definition) is 2. The second-order valence-electron chi connectivity index (χ2n) is 6.72. The van der Waals surface area contributed by atoms with Gasteiger partial charge in [-0.25, -0.2) is 0 Å². The Labute approximate surface area is 206 Å². The lowest BCUT2D eigenvalue weighted by molar-refractivity contribution is 0.0973. The minimum atomic E-state index is -0.323. The highest BCUT2D eigenvalue weighted by molar-refractivity contribution is 14.1. The lowest BCUT2D eigenvalue weighted by Gasteiger charge is -2.21. The fourth-order valence-electron chi connectivity index (χ4n) is 3.05. The van der Waals surface area contributed by atoms with Crippen molar-refractivity contribution < 1.29 is 14.3 Å². The average Bonchev–Trinajstić information content (AvgIpc) is 2.80. The zero-order valence-corrected chi connectivity index (χ0v) is 20.6. The van der Waals surface area contributed by atoms with Gasteiger partial charge in [-0.1, -0.05) is 18.2 Å². The summed E-state index contributed by atoms with van der Waals surface area (Å²) < 4.78 is 6.04. The highest BCUT2D eigenvalue weighted by Crippen LogP contribution is 2.22. The van der Waals surface area contributed by atoms with Crippen molar-refractivity contribution in [2.45, 2.75) is 6.92 Å². The summed E-state index contributed by atoms with van der Waals surface area (Å²) >= 11 is 7.36. The van der Waals surface area contributed by atoms with E-state index in [-0.39, 0.29) is 16.9 Å². The molecule has 2 N–H and O–H groups in total. The molecule has 0 aliphatic rings. The molecule has 0 saturated carbocycles. The SMILES string of the molecule is CCN(C(=O)c1ccc(NC(=S)NC(=O)c2ccc(OC)c(I)c2)cc1)c1ccccc1. The average molecular weight is 559 g/mol. The minimum absolute atomic E-state index is 0.0877. The summed E-state index contributed by atoms with van der Waals surface area (Å²) in [6, 6.07) is 21.6. The van der Waals surface area contributed by atoms with Gasteiger partial charge in [0.15, 0.2) is 5.11 Å². The molecule has 0 bridgehead atoms. The topological polar surface area (TPSA) is 70.7 Å². The Bertz CT molecular complexity index is 1120. The van der Waals surface area contributed by atoms with Crippen molar-refractivity contribution in [1.29, 1.82) is 0 Å². The molecule has 164 valence electrons. The van der Waals surface area contributed by atoms with E-state index in [1.165, 1.54) is 0 Å². The van der Waals surface area contributed by atoms with Crippen LogP contribution in [0.3, 0.4) is 0 Å². The van der Waals surface area contributed by atoms with Crippen LogP contribution in [0.1, 0.15) is 27.6 Å². The minimum Gasteiger partial charge on any atom is -0.496 e. The van der Waals surface area contributed by atoms with Crippen molar-refractivity contribution in [3.63, 3.8) is 0 Å². The number of para-hydroxylation sites is 1. The summed E-state index contributed by atoms with van der Waals surface area (Å²) in [6.45, 7) is 2.50. The highest BCUT2D eigenvalue weighted by atomic mass is 127. The number of halogens is 1. The van der Waals surface area contributed by atoms with Gasteiger partial charge < -0.3 is 15.0 Å². The summed E-state index contributed by atoms with van der Waals surface area (Å²) in [5.41, 5.74) is 2.54. The van der Waals surface area contributed by atoms with E-state index < -0.39 is 0 Å². The maximum absolute atomic E-state index is 12.9. The molecule has 32 heavy (non-hydrogen) atoms. The summed E-state index contributed by atoms with van der Waals surface area (Å²) in [7, 11) is 1.58. The third kappa shape index (κ3) is 5.83. The van der Waals surface area contributed by atoms with Crippen molar-refractivity contribution in [3.05, 3.63) is 87.5 Å². The van der Waals surface area contributed by atoms with Crippen LogP contribution < -0.4 is 20.3 Å². The molecule has 0 aromatic heterocycles. The first-order valence-electron chi connectivity index (χ1n) is 9.85. The van der Waals surface area contributed by atoms with Crippen molar-refractivity contribution in [2.75, 3.05) is 23.9 Å². The molecule has 0 aliphatic heterocycles. The molecule has 8 heteroatoms. The Morgan fingerprint density at radius 3 is 2.25 bits per heavy atom. The van der Waals surface area contributed by atoms with Crippen LogP contribution in [0.2, 0.25) is 0 Å². The van der Waals surface area contributed by atoms with Gasteiger partial charge >= 0.3 is 0 Å². The summed E-state index contributed by atoms with van der Waals surface area (Å²) in [5.74, 6) is 0.290. The lowest BCUT2D eigenvalue weighted by atomic mass is 10.1. The maximum atomic E-state index is 12.9. The number of anilines is 2. The van der Waals surface area contributed by atoms with E-state index >= 15 is 0 Å². The summed E-state index contributed by atoms with van der Waals surface area (Å²) in [4.78, 5) is 27.1. The molecule has 0 spiro atoms. The van der Waals surface area contributed by atoms with Crippen molar-refractivity contribution >= 4 is 63.1 Å². The number of benzene rings is 3. The number of amides is 2. The Hall–Kier alpha value is -2.98. The van der Waals surface area contributed by atoms with Gasteiger partial charge in [-0.15, -0.1) is 0 Å². The van der Waals surface area contributed by atoms with Crippen LogP contribution in [-0.4, -0.2) is 30.6 Å². The van der Waals surface area contributed by atoms with E-state index in [0.717, 1.165) is 9.26 Å².